The van der Waals surface area contributed by atoms with E-state index in [1.807, 2.05) is 50.2 Å². The average molecular weight is 396 g/mol. The van der Waals surface area contributed by atoms with Gasteiger partial charge in [0.1, 0.15) is 0 Å². The molecule has 29 heavy (non-hydrogen) atoms. The van der Waals surface area contributed by atoms with E-state index in [1.165, 1.54) is 0 Å². The average Bonchev–Trinajstić information content (AvgIpc) is 2.71. The molecule has 0 unspecified atom stereocenters. The highest BCUT2D eigenvalue weighted by Gasteiger charge is 2.14. The molecule has 2 aromatic rings. The van der Waals surface area contributed by atoms with E-state index in [9.17, 15) is 14.4 Å². The second-order valence-electron chi connectivity index (χ2n) is 6.91. The second kappa shape index (κ2) is 11.0. The molecule has 0 spiro atoms. The van der Waals surface area contributed by atoms with E-state index < -0.39 is 11.8 Å². The van der Waals surface area contributed by atoms with Crippen LogP contribution < -0.4 is 16.0 Å². The number of aryl methyl sites for hydroxylation is 1. The molecule has 154 valence electrons. The lowest BCUT2D eigenvalue weighted by atomic mass is 10.1. The number of nitrogens with one attached hydrogen (secondary N) is 3. The predicted octanol–water partition coefficient (Wildman–Crippen LogP) is 2.51. The summed E-state index contributed by atoms with van der Waals surface area (Å²) in [6, 6.07) is 14.0. The van der Waals surface area contributed by atoms with Gasteiger partial charge in [0.15, 0.2) is 0 Å². The van der Waals surface area contributed by atoms with Crippen LogP contribution in [0.2, 0.25) is 0 Å². The first-order valence-corrected chi connectivity index (χ1v) is 9.64. The maximum atomic E-state index is 12.5. The lowest BCUT2D eigenvalue weighted by Gasteiger charge is -2.11. The monoisotopic (exact) mass is 396 g/mol. The quantitative estimate of drug-likeness (QED) is 0.472. The van der Waals surface area contributed by atoms with Gasteiger partial charge in [-0.3, -0.25) is 14.4 Å². The Hall–Kier alpha value is -3.19. The Morgan fingerprint density at radius 1 is 0.897 bits per heavy atom. The summed E-state index contributed by atoms with van der Waals surface area (Å²) in [4.78, 5) is 38.2. The third kappa shape index (κ3) is 7.04. The van der Waals surface area contributed by atoms with E-state index in [2.05, 4.69) is 16.0 Å². The van der Waals surface area contributed by atoms with Gasteiger partial charge in [-0.1, -0.05) is 25.1 Å². The topological polar surface area (TPSA) is 90.5 Å². The lowest BCUT2D eigenvalue weighted by molar-refractivity contribution is -0.136. The van der Waals surface area contributed by atoms with Gasteiger partial charge < -0.3 is 20.9 Å². The minimum atomic E-state index is -0.732. The summed E-state index contributed by atoms with van der Waals surface area (Å²) in [5, 5.41) is 8.02. The fraction of sp³-hybridized carbons (Fsp3) is 0.318. The summed E-state index contributed by atoms with van der Waals surface area (Å²) in [5.74, 6) is -1.65. The lowest BCUT2D eigenvalue weighted by Crippen LogP contribution is -2.36. The number of para-hydroxylation sites is 1. The molecule has 0 aliphatic heterocycles. The third-order valence-electron chi connectivity index (χ3n) is 4.33. The van der Waals surface area contributed by atoms with Crippen LogP contribution >= 0.6 is 0 Å². The minimum absolute atomic E-state index is 0.234. The molecule has 0 saturated carbocycles. The Labute approximate surface area is 171 Å². The number of carbonyl (C=O) groups is 3. The van der Waals surface area contributed by atoms with Gasteiger partial charge in [-0.15, -0.1) is 0 Å². The largest absolute Gasteiger partial charge is 0.348 e. The molecule has 0 aromatic heterocycles. The molecule has 2 rings (SSSR count). The maximum Gasteiger partial charge on any atom is 0.313 e. The van der Waals surface area contributed by atoms with E-state index in [0.717, 1.165) is 30.6 Å². The Balaban J connectivity index is 1.88. The molecule has 0 radical (unpaired) electrons. The SMILES string of the molecule is CCc1ccccc1NC(=O)c1ccc(NC(=O)C(=O)NCCCN(C)C)cc1. The molecule has 0 heterocycles. The fourth-order valence-corrected chi connectivity index (χ4v) is 2.72. The van der Waals surface area contributed by atoms with Gasteiger partial charge in [0.05, 0.1) is 0 Å². The Kier molecular flexibility index (Phi) is 8.36. The highest BCUT2D eigenvalue weighted by atomic mass is 16.2. The van der Waals surface area contributed by atoms with Crippen molar-refractivity contribution in [2.75, 3.05) is 37.8 Å². The van der Waals surface area contributed by atoms with Crippen LogP contribution in [0.15, 0.2) is 48.5 Å². The summed E-state index contributed by atoms with van der Waals surface area (Å²) in [7, 11) is 3.89. The summed E-state index contributed by atoms with van der Waals surface area (Å²) in [6.07, 6.45) is 1.58. The molecular formula is C22H28N4O3. The van der Waals surface area contributed by atoms with Gasteiger partial charge in [-0.2, -0.15) is 0 Å². The van der Waals surface area contributed by atoms with Gasteiger partial charge in [-0.25, -0.2) is 0 Å². The molecular weight excluding hydrogens is 368 g/mol. The fourth-order valence-electron chi connectivity index (χ4n) is 2.72. The van der Waals surface area contributed by atoms with Crippen molar-refractivity contribution in [1.82, 2.24) is 10.2 Å². The normalized spacial score (nSPS) is 10.5. The van der Waals surface area contributed by atoms with E-state index in [4.69, 9.17) is 0 Å². The number of benzene rings is 2. The summed E-state index contributed by atoms with van der Waals surface area (Å²) in [5.41, 5.74) is 2.75. The summed E-state index contributed by atoms with van der Waals surface area (Å²) >= 11 is 0. The molecule has 7 heteroatoms. The predicted molar refractivity (Wildman–Crippen MR) is 115 cm³/mol. The second-order valence-corrected chi connectivity index (χ2v) is 6.91. The van der Waals surface area contributed by atoms with Crippen molar-refractivity contribution in [3.8, 4) is 0 Å². The van der Waals surface area contributed by atoms with E-state index >= 15 is 0 Å². The van der Waals surface area contributed by atoms with Crippen molar-refractivity contribution >= 4 is 29.1 Å². The van der Waals surface area contributed by atoms with Crippen molar-refractivity contribution in [1.29, 1.82) is 0 Å². The van der Waals surface area contributed by atoms with Gasteiger partial charge in [-0.05, 0) is 69.4 Å². The van der Waals surface area contributed by atoms with Crippen molar-refractivity contribution < 1.29 is 14.4 Å². The molecule has 7 nitrogen and oxygen atoms in total. The molecule has 0 fully saturated rings. The smallest absolute Gasteiger partial charge is 0.313 e. The summed E-state index contributed by atoms with van der Waals surface area (Å²) in [6.45, 7) is 3.29. The van der Waals surface area contributed by atoms with Crippen molar-refractivity contribution in [3.63, 3.8) is 0 Å². The molecule has 0 atom stereocenters. The number of hydrogen-bond donors (Lipinski definition) is 3. The highest BCUT2D eigenvalue weighted by Crippen LogP contribution is 2.17. The minimum Gasteiger partial charge on any atom is -0.348 e. The number of nitrogens with zero attached hydrogens (tertiary/aromatic N) is 1. The van der Waals surface area contributed by atoms with Gasteiger partial charge in [0.25, 0.3) is 5.91 Å². The van der Waals surface area contributed by atoms with Crippen LogP contribution in [0.1, 0.15) is 29.3 Å². The highest BCUT2D eigenvalue weighted by molar-refractivity contribution is 6.39. The van der Waals surface area contributed by atoms with Crippen molar-refractivity contribution in [2.24, 2.45) is 0 Å². The summed E-state index contributed by atoms with van der Waals surface area (Å²) < 4.78 is 0. The standard InChI is InChI=1S/C22H28N4O3/c1-4-16-8-5-6-9-19(16)25-20(27)17-10-12-18(13-11-17)24-22(29)21(28)23-14-7-15-26(2)3/h5-6,8-13H,4,7,14-15H2,1-3H3,(H,23,28)(H,24,29)(H,25,27). The zero-order valence-corrected chi connectivity index (χ0v) is 17.1. The maximum absolute atomic E-state index is 12.5. The molecule has 2 aromatic carbocycles. The van der Waals surface area contributed by atoms with Crippen LogP contribution in [0.4, 0.5) is 11.4 Å². The number of hydrogen-bond acceptors (Lipinski definition) is 4. The van der Waals surface area contributed by atoms with Gasteiger partial charge in [0.2, 0.25) is 0 Å². The van der Waals surface area contributed by atoms with Crippen LogP contribution in [-0.2, 0) is 16.0 Å². The first-order valence-electron chi connectivity index (χ1n) is 9.64. The molecule has 0 aliphatic rings. The molecule has 0 aliphatic carbocycles. The molecule has 3 amide bonds. The van der Waals surface area contributed by atoms with Gasteiger partial charge in [0, 0.05) is 23.5 Å². The molecule has 0 saturated heterocycles. The Morgan fingerprint density at radius 3 is 2.24 bits per heavy atom. The molecule has 3 N–H and O–H groups in total. The third-order valence-corrected chi connectivity index (χ3v) is 4.33. The first kappa shape index (κ1) is 22.1. The number of anilines is 2. The van der Waals surface area contributed by atoms with E-state index in [1.54, 1.807) is 24.3 Å². The van der Waals surface area contributed by atoms with Crippen LogP contribution in [0.25, 0.3) is 0 Å². The Morgan fingerprint density at radius 2 is 1.59 bits per heavy atom. The zero-order valence-electron chi connectivity index (χ0n) is 17.1. The van der Waals surface area contributed by atoms with Gasteiger partial charge >= 0.3 is 11.8 Å². The zero-order chi connectivity index (χ0) is 21.2. The van der Waals surface area contributed by atoms with Crippen LogP contribution in [0, 0.1) is 0 Å². The van der Waals surface area contributed by atoms with E-state index in [0.29, 0.717) is 17.8 Å². The van der Waals surface area contributed by atoms with Crippen molar-refractivity contribution in [2.45, 2.75) is 19.8 Å². The number of amides is 3. The van der Waals surface area contributed by atoms with Crippen LogP contribution in [-0.4, -0.2) is 49.8 Å². The van der Waals surface area contributed by atoms with E-state index in [-0.39, 0.29) is 5.91 Å². The Bertz CT molecular complexity index is 847. The van der Waals surface area contributed by atoms with Crippen LogP contribution in [0.5, 0.6) is 0 Å². The van der Waals surface area contributed by atoms with Crippen LogP contribution in [0.3, 0.4) is 0 Å². The number of rotatable bonds is 8. The van der Waals surface area contributed by atoms with Crippen molar-refractivity contribution in [3.05, 3.63) is 59.7 Å². The molecule has 0 bridgehead atoms. The number of carbonyl (C=O) groups excluding carboxylic acids is 3. The first-order chi connectivity index (χ1) is 13.9.